The van der Waals surface area contributed by atoms with Crippen LogP contribution in [0.15, 0.2) is 162 Å². The van der Waals surface area contributed by atoms with Gasteiger partial charge in [0.25, 0.3) is 0 Å². The molecule has 0 saturated heterocycles. The lowest BCUT2D eigenvalue weighted by molar-refractivity contribution is 0.669. The maximum Gasteiger partial charge on any atom is 0.160 e. The molecule has 10 rings (SSSR count). The number of benzene rings is 8. The van der Waals surface area contributed by atoms with E-state index in [1.54, 1.807) is 0 Å². The Morgan fingerprint density at radius 1 is 0.362 bits per heavy atom. The number of nitrogens with zero attached hydrogens (tertiary/aromatic N) is 2. The van der Waals surface area contributed by atoms with Gasteiger partial charge in [-0.2, -0.15) is 0 Å². The van der Waals surface area contributed by atoms with E-state index in [0.717, 1.165) is 66.4 Å². The summed E-state index contributed by atoms with van der Waals surface area (Å²) in [5, 5.41) is 10.5. The normalized spacial score (nSPS) is 11.8. The minimum absolute atomic E-state index is 0.718. The fraction of sp³-hybridized carbons (Fsp3) is 0. The van der Waals surface area contributed by atoms with Crippen molar-refractivity contribution in [2.75, 3.05) is 0 Å². The topological polar surface area (TPSA) is 38.9 Å². The fourth-order valence-corrected chi connectivity index (χ4v) is 7.15. The predicted molar refractivity (Wildman–Crippen MR) is 196 cm³/mol. The minimum atomic E-state index is 0.718. The summed E-state index contributed by atoms with van der Waals surface area (Å²) in [6.45, 7) is 0. The number of aromatic nitrogens is 2. The lowest BCUT2D eigenvalue weighted by Gasteiger charge is -2.12. The summed E-state index contributed by atoms with van der Waals surface area (Å²) in [6.07, 6.45) is 0. The Kier molecular flexibility index (Phi) is 5.57. The Morgan fingerprint density at radius 2 is 1.09 bits per heavy atom. The zero-order valence-corrected chi connectivity index (χ0v) is 25.3. The van der Waals surface area contributed by atoms with Gasteiger partial charge in [0.1, 0.15) is 11.2 Å². The van der Waals surface area contributed by atoms with Gasteiger partial charge < -0.3 is 4.42 Å². The van der Waals surface area contributed by atoms with E-state index in [2.05, 4.69) is 133 Å². The molecule has 0 fully saturated rings. The molecule has 0 saturated carbocycles. The second kappa shape index (κ2) is 10.1. The molecule has 0 aliphatic carbocycles. The number of hydrogen-bond acceptors (Lipinski definition) is 3. The van der Waals surface area contributed by atoms with Gasteiger partial charge in [-0.1, -0.05) is 121 Å². The molecular formula is C44H26N2O. The van der Waals surface area contributed by atoms with E-state index in [1.165, 1.54) is 32.5 Å². The largest absolute Gasteiger partial charge is 0.456 e. The molecule has 218 valence electrons. The Balaban J connectivity index is 1.16. The van der Waals surface area contributed by atoms with Crippen LogP contribution in [0.1, 0.15) is 0 Å². The summed E-state index contributed by atoms with van der Waals surface area (Å²) >= 11 is 0. The van der Waals surface area contributed by atoms with Crippen molar-refractivity contribution in [3.05, 3.63) is 158 Å². The molecule has 0 spiro atoms. The molecule has 0 amide bonds. The summed E-state index contributed by atoms with van der Waals surface area (Å²) in [4.78, 5) is 10.3. The second-order valence-corrected chi connectivity index (χ2v) is 12.2. The van der Waals surface area contributed by atoms with Crippen LogP contribution in [0.2, 0.25) is 0 Å². The van der Waals surface area contributed by atoms with Crippen LogP contribution in [0.25, 0.3) is 98.9 Å². The summed E-state index contributed by atoms with van der Waals surface area (Å²) in [6, 6.07) is 55.6. The van der Waals surface area contributed by atoms with Crippen molar-refractivity contribution in [3.8, 4) is 33.8 Å². The quantitative estimate of drug-likeness (QED) is 0.190. The van der Waals surface area contributed by atoms with E-state index in [-0.39, 0.29) is 0 Å². The van der Waals surface area contributed by atoms with Gasteiger partial charge >= 0.3 is 0 Å². The van der Waals surface area contributed by atoms with Crippen LogP contribution in [0, 0.1) is 0 Å². The summed E-state index contributed by atoms with van der Waals surface area (Å²) in [7, 11) is 0. The van der Waals surface area contributed by atoms with E-state index >= 15 is 0 Å². The molecule has 3 heteroatoms. The zero-order chi connectivity index (χ0) is 30.9. The first-order valence-corrected chi connectivity index (χ1v) is 15.9. The molecule has 47 heavy (non-hydrogen) atoms. The first-order chi connectivity index (χ1) is 23.3. The third-order valence-corrected chi connectivity index (χ3v) is 9.42. The lowest BCUT2D eigenvalue weighted by Crippen LogP contribution is -1.95. The van der Waals surface area contributed by atoms with E-state index in [4.69, 9.17) is 14.4 Å². The first kappa shape index (κ1) is 26.0. The average Bonchev–Trinajstić information content (AvgIpc) is 3.50. The van der Waals surface area contributed by atoms with Crippen LogP contribution >= 0.6 is 0 Å². The number of para-hydroxylation sites is 2. The Bertz CT molecular complexity index is 2850. The molecule has 0 aliphatic rings. The highest BCUT2D eigenvalue weighted by atomic mass is 16.3. The standard InChI is InChI=1S/C44H26N2O/c1-2-9-27(10-3-1)29-11-8-12-32(23-29)43-36-14-4-6-15-39(36)45-44(46-43)33-21-22-34-30(24-33)19-17-28-18-20-31-25-41-38(26-37(31)42(28)34)35-13-5-7-16-40(35)47-41/h1-26H. The van der Waals surface area contributed by atoms with E-state index < -0.39 is 0 Å². The highest BCUT2D eigenvalue weighted by Gasteiger charge is 2.15. The summed E-state index contributed by atoms with van der Waals surface area (Å²) < 4.78 is 6.21. The van der Waals surface area contributed by atoms with Crippen molar-refractivity contribution in [2.24, 2.45) is 0 Å². The summed E-state index contributed by atoms with van der Waals surface area (Å²) in [5.41, 5.74) is 8.11. The molecule has 0 N–H and O–H groups in total. The van der Waals surface area contributed by atoms with Crippen molar-refractivity contribution < 1.29 is 4.42 Å². The van der Waals surface area contributed by atoms with Gasteiger partial charge in [-0.25, -0.2) is 9.97 Å². The van der Waals surface area contributed by atoms with Crippen LogP contribution in [-0.2, 0) is 0 Å². The minimum Gasteiger partial charge on any atom is -0.456 e. The maximum absolute atomic E-state index is 6.21. The predicted octanol–water partition coefficient (Wildman–Crippen LogP) is 12.0. The van der Waals surface area contributed by atoms with E-state index in [0.29, 0.717) is 0 Å². The van der Waals surface area contributed by atoms with Gasteiger partial charge in [-0.05, 0) is 79.8 Å². The molecule has 0 aliphatic heterocycles. The third kappa shape index (κ3) is 4.14. The number of hydrogen-bond donors (Lipinski definition) is 0. The van der Waals surface area contributed by atoms with Gasteiger partial charge in [-0.15, -0.1) is 0 Å². The van der Waals surface area contributed by atoms with Crippen molar-refractivity contribution in [1.82, 2.24) is 9.97 Å². The van der Waals surface area contributed by atoms with Gasteiger partial charge in [-0.3, -0.25) is 0 Å². The average molecular weight is 599 g/mol. The molecule has 2 heterocycles. The monoisotopic (exact) mass is 598 g/mol. The molecule has 10 aromatic rings. The SMILES string of the molecule is c1ccc(-c2cccc(-c3nc(-c4ccc5c(ccc6ccc7cc8oc9ccccc9c8cc7c65)c4)nc4ccccc34)c2)cc1. The van der Waals surface area contributed by atoms with Gasteiger partial charge in [0.15, 0.2) is 5.82 Å². The Hall–Kier alpha value is -6.32. The second-order valence-electron chi connectivity index (χ2n) is 12.2. The first-order valence-electron chi connectivity index (χ1n) is 15.9. The van der Waals surface area contributed by atoms with Crippen LogP contribution < -0.4 is 0 Å². The van der Waals surface area contributed by atoms with Gasteiger partial charge in [0, 0.05) is 27.3 Å². The van der Waals surface area contributed by atoms with E-state index in [1.807, 2.05) is 24.3 Å². The molecule has 3 nitrogen and oxygen atoms in total. The number of rotatable bonds is 3. The molecule has 8 aromatic carbocycles. The molecule has 0 bridgehead atoms. The molecule has 0 radical (unpaired) electrons. The Morgan fingerprint density at radius 3 is 1.98 bits per heavy atom. The fourth-order valence-electron chi connectivity index (χ4n) is 7.15. The van der Waals surface area contributed by atoms with Gasteiger partial charge in [0.2, 0.25) is 0 Å². The van der Waals surface area contributed by atoms with Crippen molar-refractivity contribution >= 4 is 65.2 Å². The molecule has 0 unspecified atom stereocenters. The highest BCUT2D eigenvalue weighted by molar-refractivity contribution is 6.23. The van der Waals surface area contributed by atoms with Crippen LogP contribution in [0.5, 0.6) is 0 Å². The molecular weight excluding hydrogens is 572 g/mol. The number of fused-ring (bicyclic) bond motifs is 9. The third-order valence-electron chi connectivity index (χ3n) is 9.42. The maximum atomic E-state index is 6.21. The molecule has 2 aromatic heterocycles. The Labute approximate surface area is 270 Å². The van der Waals surface area contributed by atoms with E-state index in [9.17, 15) is 0 Å². The van der Waals surface area contributed by atoms with Crippen molar-refractivity contribution in [2.45, 2.75) is 0 Å². The van der Waals surface area contributed by atoms with Crippen LogP contribution in [0.3, 0.4) is 0 Å². The zero-order valence-electron chi connectivity index (χ0n) is 25.3. The highest BCUT2D eigenvalue weighted by Crippen LogP contribution is 2.39. The van der Waals surface area contributed by atoms with Crippen molar-refractivity contribution in [1.29, 1.82) is 0 Å². The van der Waals surface area contributed by atoms with Crippen molar-refractivity contribution in [3.63, 3.8) is 0 Å². The summed E-state index contributed by atoms with van der Waals surface area (Å²) in [5.74, 6) is 0.718. The van der Waals surface area contributed by atoms with Crippen LogP contribution in [0.4, 0.5) is 0 Å². The number of furan rings is 1. The lowest BCUT2D eigenvalue weighted by atomic mass is 9.94. The van der Waals surface area contributed by atoms with Gasteiger partial charge in [0.05, 0.1) is 11.2 Å². The smallest absolute Gasteiger partial charge is 0.160 e. The van der Waals surface area contributed by atoms with Crippen LogP contribution in [-0.4, -0.2) is 9.97 Å². The molecule has 0 atom stereocenters.